The van der Waals surface area contributed by atoms with Crippen LogP contribution in [0.3, 0.4) is 0 Å². The predicted molar refractivity (Wildman–Crippen MR) is 109 cm³/mol. The third kappa shape index (κ3) is 3.39. The lowest BCUT2D eigenvalue weighted by Gasteiger charge is -2.29. The molecule has 1 saturated carbocycles. The number of nitrogens with zero attached hydrogens (tertiary/aromatic N) is 3. The van der Waals surface area contributed by atoms with E-state index < -0.39 is 0 Å². The number of aromatic amines is 1. The lowest BCUT2D eigenvalue weighted by Crippen LogP contribution is -2.31. The monoisotopic (exact) mass is 360 g/mol. The van der Waals surface area contributed by atoms with Crippen LogP contribution >= 0.6 is 0 Å². The van der Waals surface area contributed by atoms with E-state index in [9.17, 15) is 0 Å². The molecule has 5 rings (SSSR count). The van der Waals surface area contributed by atoms with Crippen LogP contribution in [0, 0.1) is 6.92 Å². The maximum absolute atomic E-state index is 5.03. The number of rotatable bonds is 3. The molecule has 4 nitrogen and oxygen atoms in total. The van der Waals surface area contributed by atoms with Gasteiger partial charge >= 0.3 is 0 Å². The van der Waals surface area contributed by atoms with Gasteiger partial charge in [0.15, 0.2) is 0 Å². The summed E-state index contributed by atoms with van der Waals surface area (Å²) in [5.74, 6) is 1.68. The van der Waals surface area contributed by atoms with Gasteiger partial charge in [-0.3, -0.25) is 4.90 Å². The zero-order valence-electron chi connectivity index (χ0n) is 16.2. The first-order chi connectivity index (χ1) is 13.3. The molecule has 0 spiro atoms. The van der Waals surface area contributed by atoms with Gasteiger partial charge in [0, 0.05) is 48.8 Å². The van der Waals surface area contributed by atoms with Crippen molar-refractivity contribution in [2.45, 2.75) is 64.5 Å². The third-order valence-corrected chi connectivity index (χ3v) is 6.33. The van der Waals surface area contributed by atoms with Crippen LogP contribution in [-0.2, 0) is 19.5 Å². The summed E-state index contributed by atoms with van der Waals surface area (Å²) in [6.45, 7) is 5.16. The van der Waals surface area contributed by atoms with Crippen molar-refractivity contribution in [3.05, 3.63) is 58.8 Å². The quantitative estimate of drug-likeness (QED) is 0.724. The minimum atomic E-state index is 0.580. The smallest absolute Gasteiger partial charge is 0.131 e. The Morgan fingerprint density at radius 2 is 2.07 bits per heavy atom. The molecule has 140 valence electrons. The highest BCUT2D eigenvalue weighted by atomic mass is 15.1. The molecular formula is C23H28N4. The molecule has 2 aliphatic rings. The second-order valence-corrected chi connectivity index (χ2v) is 8.36. The number of aryl methyl sites for hydroxylation is 1. The second-order valence-electron chi connectivity index (χ2n) is 8.36. The molecule has 1 aromatic carbocycles. The zero-order chi connectivity index (χ0) is 18.2. The van der Waals surface area contributed by atoms with Gasteiger partial charge in [-0.15, -0.1) is 0 Å². The van der Waals surface area contributed by atoms with Crippen LogP contribution in [0.15, 0.2) is 30.6 Å². The van der Waals surface area contributed by atoms with Crippen molar-refractivity contribution in [2.24, 2.45) is 0 Å². The summed E-state index contributed by atoms with van der Waals surface area (Å²) in [7, 11) is 0. The van der Waals surface area contributed by atoms with Crippen molar-refractivity contribution in [1.82, 2.24) is 19.9 Å². The van der Waals surface area contributed by atoms with Crippen molar-refractivity contribution >= 4 is 10.9 Å². The van der Waals surface area contributed by atoms with Gasteiger partial charge in [-0.1, -0.05) is 30.9 Å². The van der Waals surface area contributed by atoms with Gasteiger partial charge in [-0.2, -0.15) is 0 Å². The molecule has 2 aromatic heterocycles. The molecular weight excluding hydrogens is 332 g/mol. The van der Waals surface area contributed by atoms with Crippen molar-refractivity contribution < 1.29 is 0 Å². The predicted octanol–water partition coefficient (Wildman–Crippen LogP) is 4.87. The molecule has 0 amide bonds. The summed E-state index contributed by atoms with van der Waals surface area (Å²) in [4.78, 5) is 15.7. The Morgan fingerprint density at radius 1 is 1.19 bits per heavy atom. The lowest BCUT2D eigenvalue weighted by molar-refractivity contribution is 0.241. The standard InChI is InChI=1S/C23H28N4/c1-16-7-8-21-20(11-16)19(13-24-21)14-27-10-9-18-12-25-23(26-22(18)15-27)17-5-3-2-4-6-17/h7-8,11-13,17,24H,2-6,9-10,14-15H2,1H3. The van der Waals surface area contributed by atoms with Crippen LogP contribution in [0.2, 0.25) is 0 Å². The van der Waals surface area contributed by atoms with E-state index in [1.54, 1.807) is 0 Å². The van der Waals surface area contributed by atoms with Crippen molar-refractivity contribution in [3.63, 3.8) is 0 Å². The zero-order valence-corrected chi connectivity index (χ0v) is 16.2. The fourth-order valence-electron chi connectivity index (χ4n) is 4.73. The number of H-pyrrole nitrogens is 1. The van der Waals surface area contributed by atoms with E-state index in [0.29, 0.717) is 5.92 Å². The molecule has 3 aromatic rings. The van der Waals surface area contributed by atoms with E-state index in [1.165, 1.54) is 65.4 Å². The minimum absolute atomic E-state index is 0.580. The first-order valence-electron chi connectivity index (χ1n) is 10.4. The number of hydrogen-bond acceptors (Lipinski definition) is 3. The Balaban J connectivity index is 1.36. The van der Waals surface area contributed by atoms with Crippen LogP contribution in [-0.4, -0.2) is 26.4 Å². The minimum Gasteiger partial charge on any atom is -0.361 e. The van der Waals surface area contributed by atoms with Gasteiger partial charge < -0.3 is 4.98 Å². The summed E-state index contributed by atoms with van der Waals surface area (Å²) < 4.78 is 0. The Kier molecular flexibility index (Phi) is 4.44. The van der Waals surface area contributed by atoms with Crippen molar-refractivity contribution in [1.29, 1.82) is 0 Å². The first-order valence-corrected chi connectivity index (χ1v) is 10.4. The summed E-state index contributed by atoms with van der Waals surface area (Å²) in [5.41, 5.74) is 6.54. The topological polar surface area (TPSA) is 44.8 Å². The molecule has 1 aliphatic heterocycles. The fourth-order valence-corrected chi connectivity index (χ4v) is 4.73. The van der Waals surface area contributed by atoms with Gasteiger partial charge in [0.25, 0.3) is 0 Å². The maximum Gasteiger partial charge on any atom is 0.131 e. The highest BCUT2D eigenvalue weighted by molar-refractivity contribution is 5.83. The number of benzene rings is 1. The van der Waals surface area contributed by atoms with Crippen LogP contribution in [0.25, 0.3) is 10.9 Å². The molecule has 1 N–H and O–H groups in total. The van der Waals surface area contributed by atoms with Crippen LogP contribution in [0.5, 0.6) is 0 Å². The van der Waals surface area contributed by atoms with Gasteiger partial charge in [-0.05, 0) is 49.4 Å². The third-order valence-electron chi connectivity index (χ3n) is 6.33. The van der Waals surface area contributed by atoms with E-state index in [0.717, 1.165) is 31.9 Å². The molecule has 1 fully saturated rings. The first kappa shape index (κ1) is 16.9. The molecule has 27 heavy (non-hydrogen) atoms. The molecule has 0 unspecified atom stereocenters. The highest BCUT2D eigenvalue weighted by Gasteiger charge is 2.23. The average molecular weight is 361 g/mol. The molecule has 0 saturated heterocycles. The molecule has 0 bridgehead atoms. The van der Waals surface area contributed by atoms with Crippen molar-refractivity contribution in [3.8, 4) is 0 Å². The molecule has 1 aliphatic carbocycles. The largest absolute Gasteiger partial charge is 0.361 e. The highest BCUT2D eigenvalue weighted by Crippen LogP contribution is 2.31. The Morgan fingerprint density at radius 3 is 2.96 bits per heavy atom. The number of fused-ring (bicyclic) bond motifs is 2. The fraction of sp³-hybridized carbons (Fsp3) is 0.478. The average Bonchev–Trinajstić information content (AvgIpc) is 3.10. The van der Waals surface area contributed by atoms with Crippen LogP contribution < -0.4 is 0 Å². The summed E-state index contributed by atoms with van der Waals surface area (Å²) in [6.07, 6.45) is 11.9. The van der Waals surface area contributed by atoms with Crippen LogP contribution in [0.4, 0.5) is 0 Å². The summed E-state index contributed by atoms with van der Waals surface area (Å²) in [6, 6.07) is 6.65. The number of hydrogen-bond donors (Lipinski definition) is 1. The Labute approximate surface area is 161 Å². The van der Waals surface area contributed by atoms with Gasteiger partial charge in [0.1, 0.15) is 5.82 Å². The second kappa shape index (κ2) is 7.08. The van der Waals surface area contributed by atoms with E-state index >= 15 is 0 Å². The lowest BCUT2D eigenvalue weighted by atomic mass is 9.88. The van der Waals surface area contributed by atoms with E-state index in [2.05, 4.69) is 47.4 Å². The molecule has 0 radical (unpaired) electrons. The van der Waals surface area contributed by atoms with Crippen molar-refractivity contribution in [2.75, 3.05) is 6.54 Å². The van der Waals surface area contributed by atoms with Gasteiger partial charge in [0.2, 0.25) is 0 Å². The number of aromatic nitrogens is 3. The van der Waals surface area contributed by atoms with Crippen LogP contribution in [0.1, 0.15) is 66.2 Å². The maximum atomic E-state index is 5.03. The summed E-state index contributed by atoms with van der Waals surface area (Å²) in [5, 5.41) is 1.35. The Hall–Kier alpha value is -2.20. The molecule has 4 heteroatoms. The normalized spacial score (nSPS) is 18.7. The molecule has 0 atom stereocenters. The van der Waals surface area contributed by atoms with Gasteiger partial charge in [-0.25, -0.2) is 9.97 Å². The van der Waals surface area contributed by atoms with E-state index in [4.69, 9.17) is 9.97 Å². The SMILES string of the molecule is Cc1ccc2[nH]cc(CN3CCc4cnc(C5CCCCC5)nc4C3)c2c1. The van der Waals surface area contributed by atoms with Gasteiger partial charge in [0.05, 0.1) is 5.69 Å². The number of nitrogens with one attached hydrogen (secondary N) is 1. The van der Waals surface area contributed by atoms with E-state index in [1.807, 2.05) is 0 Å². The Bertz CT molecular complexity index is 952. The summed E-state index contributed by atoms with van der Waals surface area (Å²) >= 11 is 0. The van der Waals surface area contributed by atoms with E-state index in [-0.39, 0.29) is 0 Å². The molecule has 3 heterocycles.